The summed E-state index contributed by atoms with van der Waals surface area (Å²) in [5, 5.41) is 4.00. The number of rotatable bonds is 8. The summed E-state index contributed by atoms with van der Waals surface area (Å²) in [6.07, 6.45) is 2.73. The van der Waals surface area contributed by atoms with Gasteiger partial charge in [-0.1, -0.05) is 37.7 Å². The summed E-state index contributed by atoms with van der Waals surface area (Å²) in [5.41, 5.74) is 1.27. The van der Waals surface area contributed by atoms with Crippen molar-refractivity contribution in [3.8, 4) is 5.75 Å². The van der Waals surface area contributed by atoms with Crippen molar-refractivity contribution in [2.24, 2.45) is 0 Å². The third-order valence-corrected chi connectivity index (χ3v) is 5.11. The van der Waals surface area contributed by atoms with Gasteiger partial charge in [-0.3, -0.25) is 0 Å². The molecule has 1 aromatic heterocycles. The largest absolute Gasteiger partial charge is 0.497 e. The Hall–Kier alpha value is -1.11. The van der Waals surface area contributed by atoms with E-state index in [9.17, 15) is 0 Å². The zero-order chi connectivity index (χ0) is 15.1. The zero-order valence-corrected chi connectivity index (χ0v) is 14.2. The first kappa shape index (κ1) is 16.3. The highest BCUT2D eigenvalue weighted by Gasteiger charge is 2.20. The van der Waals surface area contributed by atoms with Crippen molar-refractivity contribution < 1.29 is 4.74 Å². The SMILES string of the molecule is CCCNC(c1ccc(OC)cc1)C(C)Sc1ncns1. The second kappa shape index (κ2) is 8.36. The molecule has 0 fully saturated rings. The smallest absolute Gasteiger partial charge is 0.170 e. The van der Waals surface area contributed by atoms with E-state index in [4.69, 9.17) is 4.74 Å². The van der Waals surface area contributed by atoms with Crippen LogP contribution in [0, 0.1) is 0 Å². The molecule has 1 aromatic carbocycles. The molecule has 6 heteroatoms. The van der Waals surface area contributed by atoms with Crippen LogP contribution in [0.1, 0.15) is 31.9 Å². The fourth-order valence-corrected chi connectivity index (χ4v) is 3.96. The molecular formula is C15H21N3OS2. The van der Waals surface area contributed by atoms with Gasteiger partial charge in [-0.2, -0.15) is 4.37 Å². The van der Waals surface area contributed by atoms with Crippen LogP contribution in [-0.2, 0) is 0 Å². The molecule has 0 radical (unpaired) electrons. The normalized spacial score (nSPS) is 13.9. The molecule has 0 aliphatic carbocycles. The van der Waals surface area contributed by atoms with Crippen molar-refractivity contribution in [2.45, 2.75) is 35.9 Å². The number of hydrogen-bond acceptors (Lipinski definition) is 6. The summed E-state index contributed by atoms with van der Waals surface area (Å²) >= 11 is 3.21. The quantitative estimate of drug-likeness (QED) is 0.749. The molecule has 0 saturated heterocycles. The molecule has 0 bridgehead atoms. The minimum atomic E-state index is 0.282. The Bertz CT molecular complexity index is 516. The van der Waals surface area contributed by atoms with Crippen LogP contribution in [0.2, 0.25) is 0 Å². The molecule has 4 nitrogen and oxygen atoms in total. The minimum Gasteiger partial charge on any atom is -0.497 e. The second-order valence-electron chi connectivity index (χ2n) is 4.74. The van der Waals surface area contributed by atoms with Crippen LogP contribution in [-0.4, -0.2) is 28.3 Å². The first-order valence-electron chi connectivity index (χ1n) is 7.05. The Morgan fingerprint density at radius 3 is 2.67 bits per heavy atom. The molecule has 2 unspecified atom stereocenters. The standard InChI is InChI=1S/C15H21N3OS2/c1-4-9-16-14(11(2)20-15-17-10-18-21-15)12-5-7-13(19-3)8-6-12/h5-8,10-11,14,16H,4,9H2,1-3H3. The van der Waals surface area contributed by atoms with Crippen LogP contribution in [0.4, 0.5) is 0 Å². The lowest BCUT2D eigenvalue weighted by molar-refractivity contribution is 0.414. The number of methoxy groups -OCH3 is 1. The van der Waals surface area contributed by atoms with E-state index in [0.29, 0.717) is 5.25 Å². The van der Waals surface area contributed by atoms with Gasteiger partial charge in [-0.25, -0.2) is 4.98 Å². The number of ether oxygens (including phenoxy) is 1. The predicted octanol–water partition coefficient (Wildman–Crippen LogP) is 3.77. The van der Waals surface area contributed by atoms with E-state index < -0.39 is 0 Å². The van der Waals surface area contributed by atoms with Gasteiger partial charge in [0.15, 0.2) is 4.34 Å². The van der Waals surface area contributed by atoms with E-state index in [2.05, 4.69) is 40.7 Å². The van der Waals surface area contributed by atoms with Crippen molar-refractivity contribution in [3.63, 3.8) is 0 Å². The maximum Gasteiger partial charge on any atom is 0.170 e. The molecule has 0 amide bonds. The molecule has 2 rings (SSSR count). The van der Waals surface area contributed by atoms with E-state index in [-0.39, 0.29) is 6.04 Å². The first-order chi connectivity index (χ1) is 10.2. The van der Waals surface area contributed by atoms with Crippen molar-refractivity contribution in [1.82, 2.24) is 14.7 Å². The van der Waals surface area contributed by atoms with Crippen LogP contribution in [0.3, 0.4) is 0 Å². The van der Waals surface area contributed by atoms with Crippen molar-refractivity contribution in [1.29, 1.82) is 0 Å². The number of nitrogens with one attached hydrogen (secondary N) is 1. The van der Waals surface area contributed by atoms with Crippen LogP contribution in [0.15, 0.2) is 34.9 Å². The summed E-state index contributed by atoms with van der Waals surface area (Å²) in [6.45, 7) is 5.40. The van der Waals surface area contributed by atoms with Crippen molar-refractivity contribution in [2.75, 3.05) is 13.7 Å². The zero-order valence-electron chi connectivity index (χ0n) is 12.6. The molecule has 21 heavy (non-hydrogen) atoms. The Morgan fingerprint density at radius 1 is 1.33 bits per heavy atom. The van der Waals surface area contributed by atoms with Gasteiger partial charge in [0.2, 0.25) is 0 Å². The molecule has 1 heterocycles. The maximum atomic E-state index is 5.23. The van der Waals surface area contributed by atoms with Gasteiger partial charge in [0.25, 0.3) is 0 Å². The van der Waals surface area contributed by atoms with Gasteiger partial charge in [-0.05, 0) is 42.2 Å². The van der Waals surface area contributed by atoms with E-state index in [1.807, 2.05) is 12.1 Å². The lowest BCUT2D eigenvalue weighted by Gasteiger charge is -2.24. The van der Waals surface area contributed by atoms with Crippen LogP contribution in [0.25, 0.3) is 0 Å². The summed E-state index contributed by atoms with van der Waals surface area (Å²) in [5.74, 6) is 0.887. The van der Waals surface area contributed by atoms with Crippen molar-refractivity contribution in [3.05, 3.63) is 36.2 Å². The van der Waals surface area contributed by atoms with Crippen LogP contribution < -0.4 is 10.1 Å². The number of thioether (sulfide) groups is 1. The lowest BCUT2D eigenvalue weighted by atomic mass is 10.0. The van der Waals surface area contributed by atoms with Gasteiger partial charge >= 0.3 is 0 Å². The number of benzene rings is 1. The minimum absolute atomic E-state index is 0.282. The lowest BCUT2D eigenvalue weighted by Crippen LogP contribution is -2.29. The first-order valence-corrected chi connectivity index (χ1v) is 8.70. The third kappa shape index (κ3) is 4.69. The maximum absolute atomic E-state index is 5.23. The molecular weight excluding hydrogens is 302 g/mol. The van der Waals surface area contributed by atoms with Gasteiger partial charge < -0.3 is 10.1 Å². The Kier molecular flexibility index (Phi) is 6.48. The molecule has 2 atom stereocenters. The van der Waals surface area contributed by atoms with E-state index >= 15 is 0 Å². The molecule has 0 aliphatic heterocycles. The van der Waals surface area contributed by atoms with E-state index in [0.717, 1.165) is 23.1 Å². The summed E-state index contributed by atoms with van der Waals surface area (Å²) in [4.78, 5) is 4.26. The second-order valence-corrected chi connectivity index (χ2v) is 7.14. The highest BCUT2D eigenvalue weighted by Crippen LogP contribution is 2.33. The number of aromatic nitrogens is 2. The van der Waals surface area contributed by atoms with Crippen LogP contribution in [0.5, 0.6) is 5.75 Å². The average Bonchev–Trinajstić information content (AvgIpc) is 3.01. The highest BCUT2D eigenvalue weighted by atomic mass is 32.2. The summed E-state index contributed by atoms with van der Waals surface area (Å²) in [7, 11) is 1.69. The molecule has 0 saturated carbocycles. The van der Waals surface area contributed by atoms with Crippen molar-refractivity contribution >= 4 is 23.3 Å². The monoisotopic (exact) mass is 323 g/mol. The summed E-state index contributed by atoms with van der Waals surface area (Å²) < 4.78 is 10.3. The highest BCUT2D eigenvalue weighted by molar-refractivity contribution is 8.01. The van der Waals surface area contributed by atoms with Gasteiger partial charge in [-0.15, -0.1) is 0 Å². The Labute approximate surface area is 134 Å². The van der Waals surface area contributed by atoms with Gasteiger partial charge in [0, 0.05) is 11.3 Å². The average molecular weight is 323 g/mol. The van der Waals surface area contributed by atoms with Gasteiger partial charge in [0.05, 0.1) is 7.11 Å². The molecule has 2 aromatic rings. The number of nitrogens with zero attached hydrogens (tertiary/aromatic N) is 2. The van der Waals surface area contributed by atoms with E-state index in [1.165, 1.54) is 17.1 Å². The topological polar surface area (TPSA) is 47.0 Å². The predicted molar refractivity (Wildman–Crippen MR) is 89.3 cm³/mol. The van der Waals surface area contributed by atoms with Gasteiger partial charge in [0.1, 0.15) is 12.1 Å². The molecule has 0 aliphatic rings. The Balaban J connectivity index is 2.11. The third-order valence-electron chi connectivity index (χ3n) is 3.19. The fraction of sp³-hybridized carbons (Fsp3) is 0.467. The van der Waals surface area contributed by atoms with E-state index in [1.54, 1.807) is 25.2 Å². The van der Waals surface area contributed by atoms with Crippen LogP contribution >= 0.6 is 23.3 Å². The number of hydrogen-bond donors (Lipinski definition) is 1. The molecule has 1 N–H and O–H groups in total. The summed E-state index contributed by atoms with van der Waals surface area (Å²) in [6, 6.07) is 8.56. The molecule has 114 valence electrons. The molecule has 0 spiro atoms. The fourth-order valence-electron chi connectivity index (χ4n) is 2.11. The Morgan fingerprint density at radius 2 is 2.10 bits per heavy atom.